The average Bonchev–Trinajstić information content (AvgIpc) is 3.52. The van der Waals surface area contributed by atoms with Crippen LogP contribution in [0.3, 0.4) is 0 Å². The second-order valence-electron chi connectivity index (χ2n) is 10.4. The Labute approximate surface area is 214 Å². The van der Waals surface area contributed by atoms with Crippen LogP contribution in [-0.4, -0.2) is 51.9 Å². The zero-order valence-electron chi connectivity index (χ0n) is 23.8. The maximum atomic E-state index is 12.4. The van der Waals surface area contributed by atoms with Gasteiger partial charge in [-0.25, -0.2) is 14.8 Å². The Morgan fingerprint density at radius 2 is 1.97 bits per heavy atom. The summed E-state index contributed by atoms with van der Waals surface area (Å²) < 4.78 is 43.1. The quantitative estimate of drug-likeness (QED) is 0.320. The van der Waals surface area contributed by atoms with Gasteiger partial charge in [0.2, 0.25) is 0 Å². The van der Waals surface area contributed by atoms with Crippen LogP contribution in [0.15, 0.2) is 36.5 Å². The van der Waals surface area contributed by atoms with E-state index in [1.165, 1.54) is 20.0 Å². The van der Waals surface area contributed by atoms with Crippen LogP contribution in [0.4, 0.5) is 0 Å². The van der Waals surface area contributed by atoms with E-state index in [0.717, 1.165) is 34.6 Å². The number of hydrogen-bond donors (Lipinski definition) is 0. The van der Waals surface area contributed by atoms with E-state index in [1.54, 1.807) is 19.2 Å². The largest absolute Gasteiger partial charge is 0.494 e. The number of nitrogens with zero attached hydrogens (tertiary/aromatic N) is 4. The van der Waals surface area contributed by atoms with Crippen molar-refractivity contribution in [3.8, 4) is 17.3 Å². The van der Waals surface area contributed by atoms with E-state index in [0.29, 0.717) is 42.1 Å². The third kappa shape index (κ3) is 3.84. The van der Waals surface area contributed by atoms with Crippen LogP contribution in [0.2, 0.25) is 0 Å². The first-order valence-corrected chi connectivity index (χ1v) is 12.4. The van der Waals surface area contributed by atoms with Gasteiger partial charge in [0.05, 0.1) is 40.7 Å². The summed E-state index contributed by atoms with van der Waals surface area (Å²) in [6, 6.07) is 9.53. The Morgan fingerprint density at radius 3 is 2.69 bits per heavy atom. The molecule has 1 aromatic carbocycles. The number of imidazole rings is 1. The number of fused-ring (bicyclic) bond motifs is 2. The number of carbonyl (C=O) groups is 1. The van der Waals surface area contributed by atoms with Crippen molar-refractivity contribution in [2.24, 2.45) is 11.8 Å². The number of hydrogen-bond acceptors (Lipinski definition) is 6. The molecule has 2 saturated carbocycles. The summed E-state index contributed by atoms with van der Waals surface area (Å²) in [5.41, 5.74) is 2.94. The highest BCUT2D eigenvalue weighted by Crippen LogP contribution is 2.44. The molecule has 8 heteroatoms. The second kappa shape index (κ2) is 8.62. The summed E-state index contributed by atoms with van der Waals surface area (Å²) in [5, 5.41) is 1.04. The molecule has 3 heterocycles. The number of aromatic nitrogens is 4. The maximum Gasteiger partial charge on any atom is 0.338 e. The number of ether oxygens (including phenoxy) is 3. The predicted octanol–water partition coefficient (Wildman–Crippen LogP) is 5.07. The molecular weight excluding hydrogens is 456 g/mol. The van der Waals surface area contributed by atoms with Gasteiger partial charge in [-0.3, -0.25) is 0 Å². The van der Waals surface area contributed by atoms with E-state index in [4.69, 9.17) is 23.3 Å². The van der Waals surface area contributed by atoms with Gasteiger partial charge in [-0.2, -0.15) is 0 Å². The van der Waals surface area contributed by atoms with Gasteiger partial charge in [-0.1, -0.05) is 0 Å². The molecular formula is C28H32N4O4. The van der Waals surface area contributed by atoms with Crippen molar-refractivity contribution in [3.05, 3.63) is 42.1 Å². The normalized spacial score (nSPS) is 23.2. The van der Waals surface area contributed by atoms with Crippen LogP contribution < -0.4 is 4.74 Å². The molecule has 0 amide bonds. The van der Waals surface area contributed by atoms with Crippen molar-refractivity contribution >= 4 is 28.0 Å². The van der Waals surface area contributed by atoms with Gasteiger partial charge >= 0.3 is 5.97 Å². The number of carbonyl (C=O) groups excluding carboxylic acids is 1. The molecule has 0 unspecified atom stereocenters. The fourth-order valence-corrected chi connectivity index (χ4v) is 5.64. The van der Waals surface area contributed by atoms with E-state index in [1.807, 2.05) is 19.2 Å². The second-order valence-corrected chi connectivity index (χ2v) is 10.4. The molecule has 0 bridgehead atoms. The lowest BCUT2D eigenvalue weighted by molar-refractivity contribution is -0.0937. The van der Waals surface area contributed by atoms with Crippen molar-refractivity contribution in [1.29, 1.82) is 0 Å². The Hall–Kier alpha value is -3.39. The summed E-state index contributed by atoms with van der Waals surface area (Å²) in [4.78, 5) is 22.2. The molecule has 2 fully saturated rings. The highest BCUT2D eigenvalue weighted by molar-refractivity contribution is 5.97. The molecule has 3 aromatic heterocycles. The van der Waals surface area contributed by atoms with Gasteiger partial charge in [-0.15, -0.1) is 0 Å². The summed E-state index contributed by atoms with van der Waals surface area (Å²) in [7, 11) is 0.490. The van der Waals surface area contributed by atoms with Crippen LogP contribution in [0.25, 0.3) is 33.6 Å². The molecule has 0 spiro atoms. The van der Waals surface area contributed by atoms with E-state index >= 15 is 0 Å². The van der Waals surface area contributed by atoms with Gasteiger partial charge in [0.15, 0.2) is 5.82 Å². The lowest BCUT2D eigenvalue weighted by Crippen LogP contribution is -2.44. The smallest absolute Gasteiger partial charge is 0.338 e. The molecule has 0 radical (unpaired) electrons. The molecule has 4 aromatic rings. The van der Waals surface area contributed by atoms with Crippen molar-refractivity contribution in [2.75, 3.05) is 21.3 Å². The first-order valence-electron chi connectivity index (χ1n) is 13.9. The number of pyridine rings is 1. The van der Waals surface area contributed by atoms with E-state index < -0.39 is 18.6 Å². The number of esters is 1. The van der Waals surface area contributed by atoms with Gasteiger partial charge < -0.3 is 23.3 Å². The molecule has 0 saturated heterocycles. The Morgan fingerprint density at radius 1 is 1.17 bits per heavy atom. The molecule has 2 aliphatic rings. The summed E-state index contributed by atoms with van der Waals surface area (Å²) in [6.07, 6.45) is 5.43. The third-order valence-corrected chi connectivity index (χ3v) is 7.60. The lowest BCUT2D eigenvalue weighted by atomic mass is 9.72. The standard InChI is InChI=1S/C28H32N4O4/c1-28(36-4)13-18(14-28)16-32-24-21(10-20(27(33)35-3)12-23(24)34-2)30-26(32)22-11-19-6-5-9-29-25(19)31(22)15-17-7-8-17/h5-6,9-12,17-18H,7-8,13-16H2,1-4H3/t18-,28+/i4D3. The minimum absolute atomic E-state index is 0.179. The van der Waals surface area contributed by atoms with Crippen LogP contribution in [0, 0.1) is 11.8 Å². The average molecular weight is 492 g/mol. The number of rotatable bonds is 8. The first kappa shape index (κ1) is 19.8. The molecule has 8 nitrogen and oxygen atoms in total. The minimum atomic E-state index is -2.43. The third-order valence-electron chi connectivity index (χ3n) is 7.60. The van der Waals surface area contributed by atoms with Crippen molar-refractivity contribution in [1.82, 2.24) is 19.1 Å². The monoisotopic (exact) mass is 491 g/mol. The zero-order valence-corrected chi connectivity index (χ0v) is 20.8. The first-order chi connectivity index (χ1) is 18.6. The van der Waals surface area contributed by atoms with Gasteiger partial charge in [0.1, 0.15) is 16.9 Å². The van der Waals surface area contributed by atoms with Gasteiger partial charge in [0, 0.05) is 31.7 Å². The topological polar surface area (TPSA) is 80.4 Å². The minimum Gasteiger partial charge on any atom is -0.494 e. The SMILES string of the molecule is [2H]C([2H])([2H])O[C@]1(C)C[C@H](Cn2c(-c3cc4cccnc4n3CC3CC3)nc3cc(C(=O)OC)cc(OC)c32)C1. The molecule has 36 heavy (non-hydrogen) atoms. The molecule has 0 atom stereocenters. The molecule has 0 aliphatic heterocycles. The van der Waals surface area contributed by atoms with E-state index in [9.17, 15) is 4.79 Å². The highest BCUT2D eigenvalue weighted by atomic mass is 16.5. The van der Waals surface area contributed by atoms with Gasteiger partial charge in [-0.05, 0) is 74.8 Å². The van der Waals surface area contributed by atoms with Crippen molar-refractivity contribution < 1.29 is 23.1 Å². The fourth-order valence-electron chi connectivity index (χ4n) is 5.64. The van der Waals surface area contributed by atoms with Crippen molar-refractivity contribution in [3.63, 3.8) is 0 Å². The number of benzene rings is 1. The summed E-state index contributed by atoms with van der Waals surface area (Å²) in [5.74, 6) is 1.61. The van der Waals surface area contributed by atoms with Crippen LogP contribution in [-0.2, 0) is 22.6 Å². The van der Waals surface area contributed by atoms with E-state index in [2.05, 4.69) is 26.3 Å². The molecule has 2 aliphatic carbocycles. The van der Waals surface area contributed by atoms with Crippen LogP contribution in [0.5, 0.6) is 5.75 Å². The molecule has 0 N–H and O–H groups in total. The van der Waals surface area contributed by atoms with Crippen LogP contribution in [0.1, 0.15) is 47.1 Å². The number of methoxy groups -OCH3 is 3. The molecule has 6 rings (SSSR count). The van der Waals surface area contributed by atoms with Crippen LogP contribution >= 0.6 is 0 Å². The molecule has 188 valence electrons. The Bertz CT molecular complexity index is 1560. The fraction of sp³-hybridized carbons (Fsp3) is 0.464. The Kier molecular flexibility index (Phi) is 4.73. The predicted molar refractivity (Wildman–Crippen MR) is 137 cm³/mol. The maximum absolute atomic E-state index is 12.4. The highest BCUT2D eigenvalue weighted by Gasteiger charge is 2.41. The summed E-state index contributed by atoms with van der Waals surface area (Å²) >= 11 is 0. The van der Waals surface area contributed by atoms with Gasteiger partial charge in [0.25, 0.3) is 0 Å². The summed E-state index contributed by atoms with van der Waals surface area (Å²) in [6.45, 7) is 3.31. The zero-order chi connectivity index (χ0) is 27.5. The van der Waals surface area contributed by atoms with Crippen molar-refractivity contribution in [2.45, 2.75) is 51.3 Å². The van der Waals surface area contributed by atoms with E-state index in [-0.39, 0.29) is 5.92 Å². The lowest BCUT2D eigenvalue weighted by Gasteiger charge is -2.44. The Balaban J connectivity index is 1.49.